The average molecular weight is 429 g/mol. The summed E-state index contributed by atoms with van der Waals surface area (Å²) >= 11 is 0. The van der Waals surface area contributed by atoms with E-state index in [9.17, 15) is 9.90 Å². The predicted molar refractivity (Wildman–Crippen MR) is 119 cm³/mol. The summed E-state index contributed by atoms with van der Waals surface area (Å²) < 4.78 is 15.9. The number of carbonyl (C=O) groups is 1. The van der Waals surface area contributed by atoms with Crippen molar-refractivity contribution in [3.63, 3.8) is 0 Å². The number of rotatable bonds is 9. The lowest BCUT2D eigenvalue weighted by Crippen LogP contribution is -2.47. The number of likely N-dealkylation sites (tertiary alicyclic amines) is 1. The van der Waals surface area contributed by atoms with Crippen LogP contribution in [0.3, 0.4) is 0 Å². The largest absolute Gasteiger partial charge is 0.497 e. The Morgan fingerprint density at radius 1 is 1.10 bits per heavy atom. The number of amides is 1. The highest BCUT2D eigenvalue weighted by atomic mass is 16.5. The summed E-state index contributed by atoms with van der Waals surface area (Å²) in [5.74, 6) is 2.18. The summed E-state index contributed by atoms with van der Waals surface area (Å²) in [7, 11) is 4.85. The fourth-order valence-electron chi connectivity index (χ4n) is 4.04. The Balaban J connectivity index is 1.44. The van der Waals surface area contributed by atoms with E-state index in [4.69, 9.17) is 14.2 Å². The molecule has 0 unspecified atom stereocenters. The van der Waals surface area contributed by atoms with Crippen LogP contribution in [0, 0.1) is 0 Å². The first-order chi connectivity index (χ1) is 15.0. The second kappa shape index (κ2) is 11.0. The number of piperidine rings is 1. The molecule has 168 valence electrons. The lowest BCUT2D eigenvalue weighted by atomic mass is 9.87. The number of benzene rings is 2. The zero-order valence-electron chi connectivity index (χ0n) is 18.5. The molecule has 0 bridgehead atoms. The summed E-state index contributed by atoms with van der Waals surface area (Å²) in [6.45, 7) is 2.07. The highest BCUT2D eigenvalue weighted by Gasteiger charge is 2.29. The predicted octanol–water partition coefficient (Wildman–Crippen LogP) is 2.22. The van der Waals surface area contributed by atoms with E-state index < -0.39 is 6.10 Å². The summed E-state index contributed by atoms with van der Waals surface area (Å²) in [6.07, 6.45) is 0.986. The quantitative estimate of drug-likeness (QED) is 0.638. The average Bonchev–Trinajstić information content (AvgIpc) is 2.79. The Morgan fingerprint density at radius 3 is 2.61 bits per heavy atom. The molecule has 1 saturated heterocycles. The normalized spacial score (nSPS) is 19.0. The van der Waals surface area contributed by atoms with Gasteiger partial charge in [0.05, 0.1) is 34.0 Å². The molecule has 0 aromatic heterocycles. The maximum Gasteiger partial charge on any atom is 0.234 e. The number of aliphatic hydroxyl groups excluding tert-OH is 1. The molecule has 1 amide bonds. The van der Waals surface area contributed by atoms with Crippen molar-refractivity contribution in [2.45, 2.75) is 24.9 Å². The maximum absolute atomic E-state index is 12.4. The van der Waals surface area contributed by atoms with E-state index in [2.05, 4.69) is 5.32 Å². The minimum absolute atomic E-state index is 0.0347. The number of hydrogen-bond acceptors (Lipinski definition) is 6. The van der Waals surface area contributed by atoms with Crippen molar-refractivity contribution in [3.8, 4) is 17.2 Å². The van der Waals surface area contributed by atoms with Crippen LogP contribution in [0.4, 0.5) is 0 Å². The second-order valence-corrected chi connectivity index (χ2v) is 7.76. The topological polar surface area (TPSA) is 80.3 Å². The molecule has 2 atom stereocenters. The fourth-order valence-corrected chi connectivity index (χ4v) is 4.04. The maximum atomic E-state index is 12.4. The van der Waals surface area contributed by atoms with Crippen LogP contribution in [0.25, 0.3) is 0 Å². The van der Waals surface area contributed by atoms with Crippen molar-refractivity contribution < 1.29 is 24.1 Å². The minimum atomic E-state index is -0.513. The third-order valence-electron chi connectivity index (χ3n) is 5.74. The Labute approximate surface area is 183 Å². The summed E-state index contributed by atoms with van der Waals surface area (Å²) in [5, 5.41) is 13.6. The van der Waals surface area contributed by atoms with Crippen molar-refractivity contribution in [2.75, 3.05) is 47.5 Å². The standard InChI is InChI=1S/C24H32N2O5/c1-29-19-6-4-5-18(14-19)20-10-12-26(15-21(20)27)16-24(28)25-11-9-17-7-8-22(30-2)23(13-17)31-3/h4-8,13-14,20-21,27H,9-12,15-16H2,1-3H3,(H,25,28)/t20-,21+/m1/s1. The van der Waals surface area contributed by atoms with Crippen LogP contribution in [0.5, 0.6) is 17.2 Å². The van der Waals surface area contributed by atoms with Crippen LogP contribution < -0.4 is 19.5 Å². The molecule has 2 aromatic rings. The molecule has 2 aromatic carbocycles. The summed E-state index contributed by atoms with van der Waals surface area (Å²) in [4.78, 5) is 14.4. The first-order valence-electron chi connectivity index (χ1n) is 10.6. The van der Waals surface area contributed by atoms with Crippen LogP contribution in [-0.2, 0) is 11.2 Å². The summed E-state index contributed by atoms with van der Waals surface area (Å²) in [5.41, 5.74) is 2.14. The van der Waals surface area contributed by atoms with Gasteiger partial charge in [0.15, 0.2) is 11.5 Å². The molecule has 1 heterocycles. The molecule has 0 saturated carbocycles. The highest BCUT2D eigenvalue weighted by molar-refractivity contribution is 5.78. The lowest BCUT2D eigenvalue weighted by molar-refractivity contribution is -0.123. The van der Waals surface area contributed by atoms with Gasteiger partial charge >= 0.3 is 0 Å². The van der Waals surface area contributed by atoms with E-state index >= 15 is 0 Å². The monoisotopic (exact) mass is 428 g/mol. The van der Waals surface area contributed by atoms with E-state index in [1.165, 1.54) is 0 Å². The Bertz CT molecular complexity index is 873. The fraction of sp³-hybridized carbons (Fsp3) is 0.458. The molecular weight excluding hydrogens is 396 g/mol. The Kier molecular flexibility index (Phi) is 8.14. The van der Waals surface area contributed by atoms with Gasteiger partial charge in [-0.25, -0.2) is 0 Å². The number of methoxy groups -OCH3 is 3. The number of carbonyl (C=O) groups excluding carboxylic acids is 1. The molecule has 7 heteroatoms. The smallest absolute Gasteiger partial charge is 0.234 e. The molecule has 3 rings (SSSR count). The van der Waals surface area contributed by atoms with Gasteiger partial charge in [-0.15, -0.1) is 0 Å². The highest BCUT2D eigenvalue weighted by Crippen LogP contribution is 2.30. The van der Waals surface area contributed by atoms with Gasteiger partial charge in [-0.3, -0.25) is 9.69 Å². The van der Waals surface area contributed by atoms with Gasteiger partial charge in [0.2, 0.25) is 5.91 Å². The lowest BCUT2D eigenvalue weighted by Gasteiger charge is -2.35. The van der Waals surface area contributed by atoms with Crippen molar-refractivity contribution in [1.82, 2.24) is 10.2 Å². The summed E-state index contributed by atoms with van der Waals surface area (Å²) in [6, 6.07) is 13.6. The number of β-amino-alcohol motifs (C(OH)–C–C–N with tert-alkyl or cyclic N) is 1. The third kappa shape index (κ3) is 6.12. The minimum Gasteiger partial charge on any atom is -0.497 e. The van der Waals surface area contributed by atoms with Crippen LogP contribution in [0.15, 0.2) is 42.5 Å². The van der Waals surface area contributed by atoms with Gasteiger partial charge in [0.1, 0.15) is 5.75 Å². The third-order valence-corrected chi connectivity index (χ3v) is 5.74. The number of aliphatic hydroxyl groups is 1. The Hall–Kier alpha value is -2.77. The van der Waals surface area contributed by atoms with Crippen LogP contribution in [0.1, 0.15) is 23.5 Å². The number of hydrogen-bond donors (Lipinski definition) is 2. The molecule has 0 radical (unpaired) electrons. The zero-order valence-corrected chi connectivity index (χ0v) is 18.5. The van der Waals surface area contributed by atoms with Crippen molar-refractivity contribution in [3.05, 3.63) is 53.6 Å². The van der Waals surface area contributed by atoms with E-state index in [1.807, 2.05) is 47.4 Å². The molecule has 7 nitrogen and oxygen atoms in total. The van der Waals surface area contributed by atoms with Crippen molar-refractivity contribution in [2.24, 2.45) is 0 Å². The molecule has 2 N–H and O–H groups in total. The van der Waals surface area contributed by atoms with E-state index in [0.29, 0.717) is 31.0 Å². The SMILES string of the molecule is COc1cccc([C@H]2CCN(CC(=O)NCCc3ccc(OC)c(OC)c3)C[C@@H]2O)c1. The van der Waals surface area contributed by atoms with E-state index in [-0.39, 0.29) is 18.4 Å². The molecule has 31 heavy (non-hydrogen) atoms. The molecule has 1 fully saturated rings. The van der Waals surface area contributed by atoms with Gasteiger partial charge in [0.25, 0.3) is 0 Å². The Morgan fingerprint density at radius 2 is 1.90 bits per heavy atom. The molecule has 0 aliphatic carbocycles. The van der Waals surface area contributed by atoms with Gasteiger partial charge in [-0.2, -0.15) is 0 Å². The van der Waals surface area contributed by atoms with Crippen LogP contribution in [0.2, 0.25) is 0 Å². The van der Waals surface area contributed by atoms with Crippen LogP contribution in [-0.4, -0.2) is 69.5 Å². The first kappa shape index (κ1) is 22.9. The zero-order chi connectivity index (χ0) is 22.2. The molecular formula is C24H32N2O5. The van der Waals surface area contributed by atoms with Gasteiger partial charge in [-0.1, -0.05) is 18.2 Å². The van der Waals surface area contributed by atoms with E-state index in [0.717, 1.165) is 29.8 Å². The first-order valence-corrected chi connectivity index (χ1v) is 10.6. The molecule has 1 aliphatic heterocycles. The van der Waals surface area contributed by atoms with Crippen molar-refractivity contribution >= 4 is 5.91 Å². The van der Waals surface area contributed by atoms with Gasteiger partial charge in [0, 0.05) is 19.0 Å². The molecule has 0 spiro atoms. The number of ether oxygens (including phenoxy) is 3. The van der Waals surface area contributed by atoms with Gasteiger partial charge < -0.3 is 24.6 Å². The van der Waals surface area contributed by atoms with Gasteiger partial charge in [-0.05, 0) is 54.8 Å². The second-order valence-electron chi connectivity index (χ2n) is 7.76. The van der Waals surface area contributed by atoms with Crippen molar-refractivity contribution in [1.29, 1.82) is 0 Å². The molecule has 1 aliphatic rings. The number of nitrogens with one attached hydrogen (secondary N) is 1. The van der Waals surface area contributed by atoms with Crippen LogP contribution >= 0.6 is 0 Å². The van der Waals surface area contributed by atoms with E-state index in [1.54, 1.807) is 21.3 Å². The number of nitrogens with zero attached hydrogens (tertiary/aromatic N) is 1.